The smallest absolute Gasteiger partial charge is 0.355 e. The number of anilines is 1. The molecule has 1 aromatic carbocycles. The van der Waals surface area contributed by atoms with Gasteiger partial charge in [0.05, 0.1) is 10.7 Å². The van der Waals surface area contributed by atoms with Crippen LogP contribution in [-0.2, 0) is 9.68 Å². The lowest BCUT2D eigenvalue weighted by Gasteiger charge is -2.06. The van der Waals surface area contributed by atoms with E-state index in [4.69, 9.17) is 17.3 Å². The third-order valence-corrected chi connectivity index (χ3v) is 2.03. The van der Waals surface area contributed by atoms with E-state index >= 15 is 0 Å². The standard InChI is InChI=1S/C10H11ClFNO3/c1-2-3-10(14)16-15-9-5-8(13)7(12)4-6(9)11/h4-5H,2-3,13H2,1H3. The van der Waals surface area contributed by atoms with Crippen LogP contribution in [0, 0.1) is 5.82 Å². The van der Waals surface area contributed by atoms with E-state index in [1.165, 1.54) is 0 Å². The summed E-state index contributed by atoms with van der Waals surface area (Å²) < 4.78 is 12.9. The van der Waals surface area contributed by atoms with Crippen molar-refractivity contribution in [3.05, 3.63) is 23.0 Å². The van der Waals surface area contributed by atoms with Crippen molar-refractivity contribution in [3.63, 3.8) is 0 Å². The number of nitrogens with two attached hydrogens (primary N) is 1. The summed E-state index contributed by atoms with van der Waals surface area (Å²) in [5.74, 6) is -1.18. The average molecular weight is 248 g/mol. The van der Waals surface area contributed by atoms with Crippen LogP contribution in [0.4, 0.5) is 10.1 Å². The Morgan fingerprint density at radius 3 is 2.88 bits per heavy atom. The number of benzene rings is 1. The minimum atomic E-state index is -0.655. The first-order chi connectivity index (χ1) is 7.54. The van der Waals surface area contributed by atoms with E-state index in [9.17, 15) is 9.18 Å². The van der Waals surface area contributed by atoms with Gasteiger partial charge < -0.3 is 5.73 Å². The predicted octanol–water partition coefficient (Wildman–Crippen LogP) is 2.70. The van der Waals surface area contributed by atoms with E-state index in [1.54, 1.807) is 0 Å². The number of hydrogen-bond acceptors (Lipinski definition) is 4. The largest absolute Gasteiger partial charge is 0.396 e. The Balaban J connectivity index is 2.67. The van der Waals surface area contributed by atoms with Gasteiger partial charge in [-0.25, -0.2) is 9.18 Å². The fourth-order valence-corrected chi connectivity index (χ4v) is 1.13. The highest BCUT2D eigenvalue weighted by atomic mass is 35.5. The van der Waals surface area contributed by atoms with Crippen molar-refractivity contribution in [3.8, 4) is 5.75 Å². The Hall–Kier alpha value is -1.49. The molecule has 4 nitrogen and oxygen atoms in total. The van der Waals surface area contributed by atoms with Crippen LogP contribution >= 0.6 is 11.6 Å². The minimum absolute atomic E-state index is 0.00465. The highest BCUT2D eigenvalue weighted by Gasteiger charge is 2.10. The third kappa shape index (κ3) is 3.27. The predicted molar refractivity (Wildman–Crippen MR) is 57.5 cm³/mol. The molecule has 88 valence electrons. The molecule has 0 aliphatic carbocycles. The van der Waals surface area contributed by atoms with Gasteiger partial charge in [0.2, 0.25) is 0 Å². The lowest BCUT2D eigenvalue weighted by molar-refractivity contribution is -0.213. The van der Waals surface area contributed by atoms with E-state index in [0.29, 0.717) is 6.42 Å². The lowest BCUT2D eigenvalue weighted by Crippen LogP contribution is -2.07. The molecular weight excluding hydrogens is 237 g/mol. The summed E-state index contributed by atoms with van der Waals surface area (Å²) in [6, 6.07) is 2.14. The van der Waals surface area contributed by atoms with E-state index in [2.05, 4.69) is 9.78 Å². The number of carbonyl (C=O) groups excluding carboxylic acids is 1. The molecule has 0 heterocycles. The summed E-state index contributed by atoms with van der Waals surface area (Å²) in [6.07, 6.45) is 0.871. The van der Waals surface area contributed by atoms with Crippen molar-refractivity contribution in [1.29, 1.82) is 0 Å². The van der Waals surface area contributed by atoms with Gasteiger partial charge in [-0.05, 0) is 12.5 Å². The summed E-state index contributed by atoms with van der Waals surface area (Å²) in [5, 5.41) is -0.0176. The topological polar surface area (TPSA) is 61.5 Å². The monoisotopic (exact) mass is 247 g/mol. The Morgan fingerprint density at radius 2 is 2.25 bits per heavy atom. The molecule has 0 unspecified atom stereocenters. The molecular formula is C10H11ClFNO3. The van der Waals surface area contributed by atoms with Crippen LogP contribution in [0.5, 0.6) is 5.75 Å². The maximum atomic E-state index is 12.9. The van der Waals surface area contributed by atoms with Crippen LogP contribution in [0.3, 0.4) is 0 Å². The third-order valence-electron chi connectivity index (χ3n) is 1.73. The number of carbonyl (C=O) groups is 1. The van der Waals surface area contributed by atoms with Crippen molar-refractivity contribution in [1.82, 2.24) is 0 Å². The van der Waals surface area contributed by atoms with Crippen molar-refractivity contribution in [2.24, 2.45) is 0 Å². The molecule has 16 heavy (non-hydrogen) atoms. The summed E-state index contributed by atoms with van der Waals surface area (Å²) in [7, 11) is 0. The molecule has 0 aliphatic rings. The van der Waals surface area contributed by atoms with Crippen molar-refractivity contribution in [2.75, 3.05) is 5.73 Å². The molecule has 0 aliphatic heterocycles. The SMILES string of the molecule is CCCC(=O)OOc1cc(N)c(F)cc1Cl. The van der Waals surface area contributed by atoms with Gasteiger partial charge >= 0.3 is 5.97 Å². The zero-order valence-electron chi connectivity index (χ0n) is 8.63. The quantitative estimate of drug-likeness (QED) is 0.505. The maximum absolute atomic E-state index is 12.9. The van der Waals surface area contributed by atoms with E-state index in [0.717, 1.165) is 12.1 Å². The fourth-order valence-electron chi connectivity index (χ4n) is 0.946. The molecule has 1 rings (SSSR count). The summed E-state index contributed by atoms with van der Waals surface area (Å²) in [5.41, 5.74) is 5.17. The summed E-state index contributed by atoms with van der Waals surface area (Å²) in [6.45, 7) is 1.82. The Bertz CT molecular complexity index is 398. The highest BCUT2D eigenvalue weighted by molar-refractivity contribution is 6.32. The van der Waals surface area contributed by atoms with Crippen LogP contribution < -0.4 is 10.6 Å². The second kappa shape index (κ2) is 5.55. The zero-order valence-corrected chi connectivity index (χ0v) is 9.38. The van der Waals surface area contributed by atoms with Gasteiger partial charge in [-0.1, -0.05) is 18.5 Å². The van der Waals surface area contributed by atoms with Gasteiger partial charge in [0.25, 0.3) is 0 Å². The van der Waals surface area contributed by atoms with Gasteiger partial charge in [0.15, 0.2) is 5.75 Å². The average Bonchev–Trinajstić information content (AvgIpc) is 2.22. The number of nitrogen functional groups attached to an aromatic ring is 1. The fraction of sp³-hybridized carbons (Fsp3) is 0.300. The molecule has 1 aromatic rings. The summed E-state index contributed by atoms with van der Waals surface area (Å²) >= 11 is 5.65. The molecule has 0 aromatic heterocycles. The number of hydrogen-bond donors (Lipinski definition) is 1. The second-order valence-corrected chi connectivity index (χ2v) is 3.50. The molecule has 2 N–H and O–H groups in total. The molecule has 0 saturated carbocycles. The molecule has 0 bridgehead atoms. The first kappa shape index (κ1) is 12.6. The van der Waals surface area contributed by atoms with Gasteiger partial charge in [-0.2, -0.15) is 0 Å². The molecule has 6 heteroatoms. The van der Waals surface area contributed by atoms with E-state index in [-0.39, 0.29) is 22.9 Å². The molecule has 0 saturated heterocycles. The first-order valence-corrected chi connectivity index (χ1v) is 5.04. The highest BCUT2D eigenvalue weighted by Crippen LogP contribution is 2.29. The maximum Gasteiger partial charge on any atom is 0.355 e. The Kier molecular flexibility index (Phi) is 4.37. The van der Waals surface area contributed by atoms with Crippen LogP contribution in [0.25, 0.3) is 0 Å². The first-order valence-electron chi connectivity index (χ1n) is 4.66. The number of halogens is 2. The van der Waals surface area contributed by atoms with Gasteiger partial charge in [-0.15, -0.1) is 0 Å². The van der Waals surface area contributed by atoms with Gasteiger partial charge in [0.1, 0.15) is 5.82 Å². The molecule has 0 radical (unpaired) electrons. The van der Waals surface area contributed by atoms with Gasteiger partial charge in [0, 0.05) is 12.5 Å². The zero-order chi connectivity index (χ0) is 12.1. The second-order valence-electron chi connectivity index (χ2n) is 3.09. The summed E-state index contributed by atoms with van der Waals surface area (Å²) in [4.78, 5) is 20.1. The van der Waals surface area contributed by atoms with Gasteiger partial charge in [-0.3, -0.25) is 9.78 Å². The minimum Gasteiger partial charge on any atom is -0.396 e. The molecule has 0 fully saturated rings. The van der Waals surface area contributed by atoms with E-state index in [1.807, 2.05) is 6.92 Å². The van der Waals surface area contributed by atoms with Crippen molar-refractivity contribution >= 4 is 23.3 Å². The Labute approximate surface area is 97.0 Å². The Morgan fingerprint density at radius 1 is 1.56 bits per heavy atom. The van der Waals surface area contributed by atoms with Crippen LogP contribution in [-0.4, -0.2) is 5.97 Å². The molecule has 0 amide bonds. The molecule has 0 atom stereocenters. The van der Waals surface area contributed by atoms with Crippen molar-refractivity contribution < 1.29 is 19.0 Å². The normalized spacial score (nSPS) is 9.94. The van der Waals surface area contributed by atoms with Crippen LogP contribution in [0.2, 0.25) is 5.02 Å². The van der Waals surface area contributed by atoms with Crippen molar-refractivity contribution in [2.45, 2.75) is 19.8 Å². The lowest BCUT2D eigenvalue weighted by atomic mass is 10.3. The molecule has 0 spiro atoms. The number of rotatable bonds is 4. The van der Waals surface area contributed by atoms with E-state index < -0.39 is 11.8 Å². The van der Waals surface area contributed by atoms with Crippen LogP contribution in [0.15, 0.2) is 12.1 Å². The van der Waals surface area contributed by atoms with Crippen LogP contribution in [0.1, 0.15) is 19.8 Å².